The van der Waals surface area contributed by atoms with Gasteiger partial charge in [-0.3, -0.25) is 9.59 Å². The average molecular weight is 450 g/mol. The highest BCUT2D eigenvalue weighted by molar-refractivity contribution is 5.99. The van der Waals surface area contributed by atoms with Crippen molar-refractivity contribution in [3.63, 3.8) is 0 Å². The Morgan fingerprint density at radius 3 is 2.48 bits per heavy atom. The Bertz CT molecular complexity index is 1150. The zero-order valence-electron chi connectivity index (χ0n) is 18.6. The molecule has 8 heteroatoms. The van der Waals surface area contributed by atoms with E-state index in [0.29, 0.717) is 18.8 Å². The quantitative estimate of drug-likeness (QED) is 0.740. The molecule has 0 aromatic heterocycles. The van der Waals surface area contributed by atoms with Crippen LogP contribution in [0, 0.1) is 0 Å². The van der Waals surface area contributed by atoms with E-state index in [1.165, 1.54) is 10.5 Å². The Morgan fingerprint density at radius 2 is 1.76 bits per heavy atom. The Morgan fingerprint density at radius 1 is 1.06 bits per heavy atom. The zero-order valence-corrected chi connectivity index (χ0v) is 18.6. The summed E-state index contributed by atoms with van der Waals surface area (Å²) in [7, 11) is 0. The lowest BCUT2D eigenvalue weighted by atomic mass is 9.82. The summed E-state index contributed by atoms with van der Waals surface area (Å²) in [5.74, 6) is -3.06. The average Bonchev–Trinajstić information content (AvgIpc) is 3.49. The van der Waals surface area contributed by atoms with Gasteiger partial charge in [-0.1, -0.05) is 44.2 Å². The summed E-state index contributed by atoms with van der Waals surface area (Å²) in [5.41, 5.74) is 4.78. The molecule has 2 N–H and O–H groups in total. The van der Waals surface area contributed by atoms with Crippen LogP contribution >= 0.6 is 0 Å². The lowest BCUT2D eigenvalue weighted by molar-refractivity contribution is -0.152. The van der Waals surface area contributed by atoms with Gasteiger partial charge in [0, 0.05) is 17.4 Å². The van der Waals surface area contributed by atoms with E-state index in [1.54, 1.807) is 6.07 Å². The van der Waals surface area contributed by atoms with Crippen LogP contribution in [-0.2, 0) is 24.5 Å². The Hall–Kier alpha value is -3.23. The van der Waals surface area contributed by atoms with Gasteiger partial charge in [0.1, 0.15) is 6.04 Å². The van der Waals surface area contributed by atoms with Gasteiger partial charge in [0.2, 0.25) is 5.91 Å². The summed E-state index contributed by atoms with van der Waals surface area (Å²) >= 11 is 0. The van der Waals surface area contributed by atoms with E-state index in [4.69, 9.17) is 9.47 Å². The maximum Gasteiger partial charge on any atom is 0.326 e. The molecule has 2 aromatic rings. The van der Waals surface area contributed by atoms with Crippen molar-refractivity contribution in [2.75, 3.05) is 26.3 Å². The van der Waals surface area contributed by atoms with Crippen LogP contribution in [0.5, 0.6) is 0 Å². The van der Waals surface area contributed by atoms with E-state index in [-0.39, 0.29) is 30.8 Å². The van der Waals surface area contributed by atoms with Gasteiger partial charge in [-0.15, -0.1) is 0 Å². The monoisotopic (exact) mass is 450 g/mol. The van der Waals surface area contributed by atoms with Gasteiger partial charge in [-0.2, -0.15) is 0 Å². The van der Waals surface area contributed by atoms with Crippen LogP contribution in [0.1, 0.15) is 41.8 Å². The van der Waals surface area contributed by atoms with E-state index in [1.807, 2.05) is 24.3 Å². The second-order valence-corrected chi connectivity index (χ2v) is 9.30. The molecule has 0 radical (unpaired) electrons. The van der Waals surface area contributed by atoms with Crippen molar-refractivity contribution in [1.82, 2.24) is 10.2 Å². The Balaban J connectivity index is 1.30. The molecule has 33 heavy (non-hydrogen) atoms. The first-order valence-electron chi connectivity index (χ1n) is 11.0. The molecule has 2 aliphatic heterocycles. The van der Waals surface area contributed by atoms with Gasteiger partial charge < -0.3 is 24.8 Å². The van der Waals surface area contributed by atoms with Crippen LogP contribution in [0.15, 0.2) is 42.5 Å². The lowest BCUT2D eigenvalue weighted by Crippen LogP contribution is -2.46. The summed E-state index contributed by atoms with van der Waals surface area (Å²) in [5, 5.41) is 12.2. The third kappa shape index (κ3) is 3.50. The number of carboxylic acid groups (broad SMARTS) is 1. The summed E-state index contributed by atoms with van der Waals surface area (Å²) in [4.78, 5) is 38.6. The molecule has 8 nitrogen and oxygen atoms in total. The highest BCUT2D eigenvalue weighted by Gasteiger charge is 2.52. The zero-order chi connectivity index (χ0) is 23.4. The number of rotatable bonds is 4. The van der Waals surface area contributed by atoms with Crippen LogP contribution in [-0.4, -0.2) is 65.9 Å². The van der Waals surface area contributed by atoms with Crippen molar-refractivity contribution in [3.8, 4) is 11.1 Å². The highest BCUT2D eigenvalue weighted by atomic mass is 16.7. The fourth-order valence-corrected chi connectivity index (χ4v) is 5.25. The van der Waals surface area contributed by atoms with Gasteiger partial charge >= 0.3 is 5.97 Å². The highest BCUT2D eigenvalue weighted by Crippen LogP contribution is 2.48. The molecule has 3 aliphatic rings. The molecule has 0 bridgehead atoms. The predicted octanol–water partition coefficient (Wildman–Crippen LogP) is 2.15. The SMILES string of the molecule is CC1(C)c2ccccc2-c2cc(C(=O)NCC(=O)N3CC4(C[C@H]3C(=O)O)OCCO4)ccc21. The number of likely N-dealkylation sites (tertiary alicyclic amines) is 1. The van der Waals surface area contributed by atoms with Gasteiger partial charge in [-0.05, 0) is 34.4 Å². The van der Waals surface area contributed by atoms with Crippen LogP contribution in [0.3, 0.4) is 0 Å². The minimum absolute atomic E-state index is 0.0311. The molecule has 0 saturated carbocycles. The summed E-state index contributed by atoms with van der Waals surface area (Å²) in [6, 6.07) is 12.7. The summed E-state index contributed by atoms with van der Waals surface area (Å²) < 4.78 is 11.2. The van der Waals surface area contributed by atoms with Crippen molar-refractivity contribution in [3.05, 3.63) is 59.2 Å². The third-order valence-corrected chi connectivity index (χ3v) is 6.96. The number of hydrogen-bond donors (Lipinski definition) is 2. The molecule has 2 saturated heterocycles. The second-order valence-electron chi connectivity index (χ2n) is 9.30. The number of hydrogen-bond acceptors (Lipinski definition) is 5. The first-order chi connectivity index (χ1) is 15.7. The number of carbonyl (C=O) groups is 3. The molecule has 1 atom stereocenters. The van der Waals surface area contributed by atoms with Crippen molar-refractivity contribution < 1.29 is 29.0 Å². The van der Waals surface area contributed by atoms with Crippen molar-refractivity contribution in [2.45, 2.75) is 37.5 Å². The van der Waals surface area contributed by atoms with Crippen LogP contribution in [0.25, 0.3) is 11.1 Å². The van der Waals surface area contributed by atoms with Gasteiger partial charge in [0.15, 0.2) is 5.79 Å². The standard InChI is InChI=1S/C25H26N2O6/c1-24(2)18-6-4-3-5-16(18)17-11-15(7-8-19(17)24)22(29)26-13-21(28)27-14-25(32-9-10-33-25)12-20(27)23(30)31/h3-8,11,20H,9-10,12-14H2,1-2H3,(H,26,29)(H,30,31)/t20-/m0/s1. The topological polar surface area (TPSA) is 105 Å². The summed E-state index contributed by atoms with van der Waals surface area (Å²) in [6.07, 6.45) is 0.0715. The largest absolute Gasteiger partial charge is 0.480 e. The predicted molar refractivity (Wildman–Crippen MR) is 119 cm³/mol. The molecule has 5 rings (SSSR count). The molecule has 2 amide bonds. The normalized spacial score (nSPS) is 21.6. The fraction of sp³-hybridized carbons (Fsp3) is 0.400. The lowest BCUT2D eigenvalue weighted by Gasteiger charge is -2.23. The number of aliphatic carboxylic acids is 1. The smallest absolute Gasteiger partial charge is 0.326 e. The third-order valence-electron chi connectivity index (χ3n) is 6.96. The van der Waals surface area contributed by atoms with E-state index >= 15 is 0 Å². The van der Waals surface area contributed by atoms with Gasteiger partial charge in [0.05, 0.1) is 26.3 Å². The van der Waals surface area contributed by atoms with Crippen molar-refractivity contribution >= 4 is 17.8 Å². The second kappa shape index (κ2) is 7.67. The molecule has 2 aromatic carbocycles. The maximum atomic E-state index is 12.9. The number of nitrogens with one attached hydrogen (secondary N) is 1. The van der Waals surface area contributed by atoms with Crippen molar-refractivity contribution in [2.24, 2.45) is 0 Å². The molecular formula is C25H26N2O6. The van der Waals surface area contributed by atoms with E-state index < -0.39 is 23.7 Å². The Kier molecular flexibility index (Phi) is 5.02. The van der Waals surface area contributed by atoms with Crippen LogP contribution in [0.2, 0.25) is 0 Å². The first-order valence-corrected chi connectivity index (χ1v) is 11.0. The minimum atomic E-state index is -1.12. The Labute approximate surface area is 191 Å². The van der Waals surface area contributed by atoms with Gasteiger partial charge in [-0.25, -0.2) is 4.79 Å². The van der Waals surface area contributed by atoms with Crippen LogP contribution in [0.4, 0.5) is 0 Å². The number of carboxylic acids is 1. The minimum Gasteiger partial charge on any atom is -0.480 e. The molecule has 2 fully saturated rings. The van der Waals surface area contributed by atoms with Gasteiger partial charge in [0.25, 0.3) is 5.91 Å². The number of carbonyl (C=O) groups excluding carboxylic acids is 2. The first kappa shape index (κ1) is 21.6. The van der Waals surface area contributed by atoms with E-state index in [0.717, 1.165) is 16.7 Å². The number of fused-ring (bicyclic) bond motifs is 3. The number of nitrogens with zero attached hydrogens (tertiary/aromatic N) is 1. The molecule has 1 aliphatic carbocycles. The molecule has 2 heterocycles. The number of amides is 2. The van der Waals surface area contributed by atoms with Crippen LogP contribution < -0.4 is 5.32 Å². The summed E-state index contributed by atoms with van der Waals surface area (Å²) in [6.45, 7) is 4.78. The molecule has 1 spiro atoms. The fourth-order valence-electron chi connectivity index (χ4n) is 5.25. The molecule has 0 unspecified atom stereocenters. The number of ether oxygens (including phenoxy) is 2. The number of benzene rings is 2. The maximum absolute atomic E-state index is 12.9. The molecular weight excluding hydrogens is 424 g/mol. The van der Waals surface area contributed by atoms with E-state index in [2.05, 4.69) is 31.3 Å². The van der Waals surface area contributed by atoms with Crippen molar-refractivity contribution in [1.29, 1.82) is 0 Å². The van der Waals surface area contributed by atoms with E-state index in [9.17, 15) is 19.5 Å². The molecule has 172 valence electrons.